The molecule has 0 unspecified atom stereocenters. The fourth-order valence-electron chi connectivity index (χ4n) is 0.267. The van der Waals surface area contributed by atoms with Gasteiger partial charge in [-0.05, 0) is 0 Å². The van der Waals surface area contributed by atoms with Gasteiger partial charge in [0.05, 0.1) is 11.9 Å². The zero-order valence-electron chi connectivity index (χ0n) is 8.55. The number of aliphatic carboxylic acids is 2. The molecule has 0 aromatic carbocycles. The minimum absolute atomic E-state index is 0. The van der Waals surface area contributed by atoms with Crippen LogP contribution in [0.2, 0.25) is 0 Å². The van der Waals surface area contributed by atoms with Gasteiger partial charge in [-0.3, -0.25) is 0 Å². The molecule has 84 valence electrons. The smallest absolute Gasteiger partial charge is 0.549 e. The minimum Gasteiger partial charge on any atom is -0.549 e. The number of rotatable bonds is 4. The molecule has 0 radical (unpaired) electrons. The molecule has 0 saturated heterocycles. The van der Waals surface area contributed by atoms with Crippen LogP contribution in [0.4, 0.5) is 0 Å². The molecule has 0 rings (SSSR count). The minimum atomic E-state index is -1.34. The van der Waals surface area contributed by atoms with E-state index in [9.17, 15) is 19.8 Å². The SMILES string of the molecule is O.O.O.O.O=C([O-])CNCC(=O)[O-].[Na+].[Na+]. The van der Waals surface area contributed by atoms with E-state index in [2.05, 4.69) is 5.32 Å². The van der Waals surface area contributed by atoms with Crippen molar-refractivity contribution >= 4 is 11.9 Å². The van der Waals surface area contributed by atoms with E-state index < -0.39 is 25.0 Å². The van der Waals surface area contributed by atoms with E-state index in [1.807, 2.05) is 0 Å². The van der Waals surface area contributed by atoms with E-state index in [1.54, 1.807) is 0 Å². The predicted molar refractivity (Wildman–Crippen MR) is 37.3 cm³/mol. The van der Waals surface area contributed by atoms with Crippen LogP contribution in [-0.2, 0) is 9.59 Å². The second-order valence-electron chi connectivity index (χ2n) is 1.35. The van der Waals surface area contributed by atoms with E-state index in [1.165, 1.54) is 0 Å². The Labute approximate surface area is 130 Å². The van der Waals surface area contributed by atoms with Gasteiger partial charge in [0.2, 0.25) is 0 Å². The molecule has 0 heterocycles. The first kappa shape index (κ1) is 44.8. The van der Waals surface area contributed by atoms with Crippen LogP contribution in [0.25, 0.3) is 0 Å². The molecular weight excluding hydrogens is 236 g/mol. The summed E-state index contributed by atoms with van der Waals surface area (Å²) in [6.07, 6.45) is 0. The maximum atomic E-state index is 9.59. The molecule has 0 fully saturated rings. The molecule has 9 N–H and O–H groups in total. The van der Waals surface area contributed by atoms with Crippen LogP contribution in [0.1, 0.15) is 0 Å². The fraction of sp³-hybridized carbons (Fsp3) is 0.500. The average molecular weight is 249 g/mol. The predicted octanol–water partition coefficient (Wildman–Crippen LogP) is -13.2. The summed E-state index contributed by atoms with van der Waals surface area (Å²) in [6, 6.07) is 0. The van der Waals surface area contributed by atoms with Crippen molar-refractivity contribution in [2.75, 3.05) is 13.1 Å². The number of hydrogen-bond acceptors (Lipinski definition) is 5. The number of carboxylic acids is 2. The first-order valence-electron chi connectivity index (χ1n) is 2.23. The first-order chi connectivity index (χ1) is 4.13. The van der Waals surface area contributed by atoms with Crippen molar-refractivity contribution in [1.82, 2.24) is 5.32 Å². The van der Waals surface area contributed by atoms with E-state index in [0.29, 0.717) is 0 Å². The van der Waals surface area contributed by atoms with Crippen molar-refractivity contribution in [3.63, 3.8) is 0 Å². The van der Waals surface area contributed by atoms with Crippen LogP contribution >= 0.6 is 0 Å². The number of carbonyl (C=O) groups excluding carboxylic acids is 2. The maximum Gasteiger partial charge on any atom is 1.00 e. The molecule has 0 aromatic rings. The molecular formula is C4H13NNa2O8. The van der Waals surface area contributed by atoms with Crippen LogP contribution in [-0.4, -0.2) is 46.9 Å². The van der Waals surface area contributed by atoms with Gasteiger partial charge in [-0.1, -0.05) is 0 Å². The molecule has 0 spiro atoms. The van der Waals surface area contributed by atoms with Gasteiger partial charge in [-0.2, -0.15) is 0 Å². The summed E-state index contributed by atoms with van der Waals surface area (Å²) in [5, 5.41) is 21.2. The number of carbonyl (C=O) groups is 2. The number of hydrogen-bond donors (Lipinski definition) is 1. The van der Waals surface area contributed by atoms with Gasteiger partial charge >= 0.3 is 59.1 Å². The van der Waals surface area contributed by atoms with Crippen molar-refractivity contribution in [2.24, 2.45) is 0 Å². The van der Waals surface area contributed by atoms with Crippen molar-refractivity contribution < 1.29 is 101 Å². The summed E-state index contributed by atoms with van der Waals surface area (Å²) < 4.78 is 0. The topological polar surface area (TPSA) is 218 Å². The Morgan fingerprint density at radius 3 is 1.13 bits per heavy atom. The van der Waals surface area contributed by atoms with Crippen molar-refractivity contribution in [2.45, 2.75) is 0 Å². The summed E-state index contributed by atoms with van der Waals surface area (Å²) in [4.78, 5) is 19.2. The molecule has 0 bridgehead atoms. The Bertz CT molecular complexity index is 120. The van der Waals surface area contributed by atoms with Crippen LogP contribution in [0.3, 0.4) is 0 Å². The van der Waals surface area contributed by atoms with Gasteiger partial charge in [-0.15, -0.1) is 0 Å². The fourth-order valence-corrected chi connectivity index (χ4v) is 0.267. The number of nitrogens with one attached hydrogen (secondary N) is 1. The van der Waals surface area contributed by atoms with Gasteiger partial charge in [0.1, 0.15) is 0 Å². The summed E-state index contributed by atoms with van der Waals surface area (Å²) in [5.74, 6) is -2.67. The Morgan fingerprint density at radius 2 is 1.00 bits per heavy atom. The Hall–Kier alpha value is 0.740. The van der Waals surface area contributed by atoms with Gasteiger partial charge in [0.15, 0.2) is 0 Å². The molecule has 0 saturated carbocycles. The molecule has 11 heteroatoms. The normalized spacial score (nSPS) is 5.33. The largest absolute Gasteiger partial charge is 1.00 e. The Kier molecular flexibility index (Phi) is 87.5. The zero-order valence-corrected chi connectivity index (χ0v) is 12.5. The van der Waals surface area contributed by atoms with Crippen molar-refractivity contribution in [3.05, 3.63) is 0 Å². The van der Waals surface area contributed by atoms with Crippen LogP contribution in [0, 0.1) is 0 Å². The van der Waals surface area contributed by atoms with E-state index in [0.717, 1.165) is 0 Å². The molecule has 0 aliphatic rings. The van der Waals surface area contributed by atoms with Crippen molar-refractivity contribution in [1.29, 1.82) is 0 Å². The van der Waals surface area contributed by atoms with Gasteiger partial charge < -0.3 is 47.0 Å². The second-order valence-corrected chi connectivity index (χ2v) is 1.35. The molecule has 0 amide bonds. The third-order valence-corrected chi connectivity index (χ3v) is 0.539. The van der Waals surface area contributed by atoms with E-state index in [-0.39, 0.29) is 81.0 Å². The summed E-state index contributed by atoms with van der Waals surface area (Å²) >= 11 is 0. The second kappa shape index (κ2) is 29.3. The van der Waals surface area contributed by atoms with E-state index in [4.69, 9.17) is 0 Å². The average Bonchev–Trinajstić information content (AvgIpc) is 1.63. The first-order valence-corrected chi connectivity index (χ1v) is 2.23. The molecule has 0 aromatic heterocycles. The van der Waals surface area contributed by atoms with Gasteiger partial charge in [0.25, 0.3) is 0 Å². The molecule has 0 atom stereocenters. The number of carboxylic acid groups (broad SMARTS) is 2. The third-order valence-electron chi connectivity index (χ3n) is 0.539. The standard InChI is InChI=1S/C4H7NO4.2Na.4H2O/c6-3(7)1-5-2-4(8)9;;;;;;/h5H,1-2H2,(H,6,7)(H,8,9);;;4*1H2/q;2*+1;;;;/p-2. The molecule has 0 aliphatic heterocycles. The van der Waals surface area contributed by atoms with Crippen LogP contribution < -0.4 is 74.6 Å². The van der Waals surface area contributed by atoms with Crippen LogP contribution in [0.5, 0.6) is 0 Å². The Morgan fingerprint density at radius 1 is 0.800 bits per heavy atom. The zero-order chi connectivity index (χ0) is 7.28. The molecule has 0 aliphatic carbocycles. The van der Waals surface area contributed by atoms with Gasteiger partial charge in [0, 0.05) is 13.1 Å². The summed E-state index contributed by atoms with van der Waals surface area (Å²) in [5.41, 5.74) is 0. The van der Waals surface area contributed by atoms with Crippen molar-refractivity contribution in [3.8, 4) is 0 Å². The van der Waals surface area contributed by atoms with Gasteiger partial charge in [-0.25, -0.2) is 0 Å². The Balaban J connectivity index is -0.0000000213. The monoisotopic (exact) mass is 249 g/mol. The third kappa shape index (κ3) is 52.7. The molecule has 9 nitrogen and oxygen atoms in total. The maximum absolute atomic E-state index is 9.59. The quantitative estimate of drug-likeness (QED) is 0.478. The molecule has 15 heavy (non-hydrogen) atoms. The van der Waals surface area contributed by atoms with Crippen LogP contribution in [0.15, 0.2) is 0 Å². The van der Waals surface area contributed by atoms with E-state index >= 15 is 0 Å². The summed E-state index contributed by atoms with van der Waals surface area (Å²) in [7, 11) is 0. The summed E-state index contributed by atoms with van der Waals surface area (Å²) in [6.45, 7) is -0.929.